The normalized spacial score (nSPS) is 26.5. The van der Waals surface area contributed by atoms with Gasteiger partial charge in [-0.15, -0.1) is 0 Å². The van der Waals surface area contributed by atoms with Crippen LogP contribution in [0, 0.1) is 11.8 Å². The number of esters is 1. The first kappa shape index (κ1) is 24.6. The van der Waals surface area contributed by atoms with E-state index in [1.807, 2.05) is 41.3 Å². The number of rotatable bonds is 6. The maximum atomic E-state index is 13.4. The van der Waals surface area contributed by atoms with Crippen molar-refractivity contribution in [3.05, 3.63) is 60.2 Å². The third kappa shape index (κ3) is 5.35. The van der Waals surface area contributed by atoms with Crippen LogP contribution in [0.4, 0.5) is 4.79 Å². The van der Waals surface area contributed by atoms with E-state index in [1.165, 1.54) is 0 Å². The van der Waals surface area contributed by atoms with Gasteiger partial charge in [-0.25, -0.2) is 9.59 Å². The zero-order chi connectivity index (χ0) is 25.0. The zero-order valence-electron chi connectivity index (χ0n) is 20.9. The van der Waals surface area contributed by atoms with Gasteiger partial charge in [0.05, 0.1) is 0 Å². The van der Waals surface area contributed by atoms with E-state index in [4.69, 9.17) is 4.74 Å². The van der Waals surface area contributed by atoms with Crippen LogP contribution in [-0.4, -0.2) is 65.5 Å². The van der Waals surface area contributed by atoms with Crippen molar-refractivity contribution in [2.45, 2.75) is 63.0 Å². The average molecular weight is 492 g/mol. The number of nitrogens with one attached hydrogen (secondary N) is 1. The number of fused-ring (bicyclic) bond motifs is 1. The molecule has 1 aromatic carbocycles. The number of amides is 3. The molecule has 0 aromatic heterocycles. The number of piperazine rings is 1. The largest absolute Gasteiger partial charge is 0.460 e. The maximum Gasteiger partial charge on any atom is 0.332 e. The molecule has 4 aliphatic rings. The molecule has 5 rings (SSSR count). The van der Waals surface area contributed by atoms with Crippen LogP contribution < -0.4 is 5.32 Å². The van der Waals surface area contributed by atoms with Crippen molar-refractivity contribution in [3.8, 4) is 0 Å². The van der Waals surface area contributed by atoms with Crippen LogP contribution in [0.1, 0.15) is 50.5 Å². The molecule has 1 saturated heterocycles. The Hall–Kier alpha value is -3.09. The third-order valence-corrected chi connectivity index (χ3v) is 8.32. The molecule has 192 valence electrons. The second-order valence-corrected chi connectivity index (χ2v) is 10.6. The minimum absolute atomic E-state index is 0.107. The topological polar surface area (TPSA) is 79.0 Å². The van der Waals surface area contributed by atoms with Gasteiger partial charge in [-0.2, -0.15) is 0 Å². The summed E-state index contributed by atoms with van der Waals surface area (Å²) in [5.74, 6) is 0.549. The lowest BCUT2D eigenvalue weighted by molar-refractivity contribution is -0.168. The van der Waals surface area contributed by atoms with E-state index in [9.17, 15) is 14.4 Å². The molecule has 1 N–H and O–H groups in total. The van der Waals surface area contributed by atoms with E-state index in [-0.39, 0.29) is 29.9 Å². The third-order valence-electron chi connectivity index (χ3n) is 8.32. The number of nitrogens with zero attached hydrogens (tertiary/aromatic N) is 2. The molecule has 0 radical (unpaired) electrons. The maximum absolute atomic E-state index is 13.4. The van der Waals surface area contributed by atoms with Gasteiger partial charge in [0, 0.05) is 38.5 Å². The smallest absolute Gasteiger partial charge is 0.332 e. The number of benzene rings is 1. The Bertz CT molecular complexity index is 1010. The van der Waals surface area contributed by atoms with Gasteiger partial charge in [0.1, 0.15) is 11.6 Å². The number of carbonyl (C=O) groups is 3. The Morgan fingerprint density at radius 2 is 1.61 bits per heavy atom. The van der Waals surface area contributed by atoms with Crippen molar-refractivity contribution in [2.24, 2.45) is 11.8 Å². The minimum atomic E-state index is -0.947. The number of carbonyl (C=O) groups excluding carboxylic acids is 3. The predicted molar refractivity (Wildman–Crippen MR) is 137 cm³/mol. The number of allylic oxidation sites excluding steroid dienone is 3. The molecule has 3 fully saturated rings. The van der Waals surface area contributed by atoms with Crippen LogP contribution in [0.5, 0.6) is 0 Å². The lowest BCUT2D eigenvalue weighted by Crippen LogP contribution is -2.62. The highest BCUT2D eigenvalue weighted by Gasteiger charge is 2.48. The molecule has 2 unspecified atom stereocenters. The van der Waals surface area contributed by atoms with Crippen molar-refractivity contribution in [3.63, 3.8) is 0 Å². The molecule has 36 heavy (non-hydrogen) atoms. The van der Waals surface area contributed by atoms with E-state index < -0.39 is 5.54 Å². The summed E-state index contributed by atoms with van der Waals surface area (Å²) in [5, 5.41) is 3.10. The highest BCUT2D eigenvalue weighted by Crippen LogP contribution is 2.42. The Balaban J connectivity index is 1.13. The molecule has 0 bridgehead atoms. The number of urea groups is 1. The number of hydrogen-bond acceptors (Lipinski definition) is 4. The van der Waals surface area contributed by atoms with Crippen LogP contribution in [0.15, 0.2) is 54.6 Å². The molecule has 1 aromatic rings. The van der Waals surface area contributed by atoms with Gasteiger partial charge in [-0.1, -0.05) is 73.9 Å². The molecule has 3 amide bonds. The van der Waals surface area contributed by atoms with Crippen molar-refractivity contribution < 1.29 is 19.1 Å². The van der Waals surface area contributed by atoms with E-state index in [1.54, 1.807) is 4.90 Å². The lowest BCUT2D eigenvalue weighted by atomic mass is 9.69. The van der Waals surface area contributed by atoms with Gasteiger partial charge in [0.25, 0.3) is 0 Å². The Morgan fingerprint density at radius 3 is 2.33 bits per heavy atom. The summed E-state index contributed by atoms with van der Waals surface area (Å²) in [7, 11) is 0. The summed E-state index contributed by atoms with van der Waals surface area (Å²) in [6, 6.07) is 9.79. The number of aryl methyl sites for hydroxylation is 1. The summed E-state index contributed by atoms with van der Waals surface area (Å²) >= 11 is 0. The first-order chi connectivity index (χ1) is 17.5. The molecular formula is C29H37N3O4. The van der Waals surface area contributed by atoms with E-state index in [0.29, 0.717) is 51.4 Å². The number of ether oxygens (including phenoxy) is 1. The first-order valence-corrected chi connectivity index (χ1v) is 13.5. The number of hydrogen-bond donors (Lipinski definition) is 1. The molecule has 0 spiro atoms. The molecule has 3 aliphatic carbocycles. The Morgan fingerprint density at radius 1 is 0.917 bits per heavy atom. The fourth-order valence-corrected chi connectivity index (χ4v) is 5.94. The van der Waals surface area contributed by atoms with Gasteiger partial charge in [-0.05, 0) is 37.2 Å². The second kappa shape index (κ2) is 10.9. The van der Waals surface area contributed by atoms with Crippen molar-refractivity contribution >= 4 is 17.9 Å². The fraction of sp³-hybridized carbons (Fsp3) is 0.552. The van der Waals surface area contributed by atoms with Crippen LogP contribution in [0.25, 0.3) is 0 Å². The average Bonchev–Trinajstić information content (AvgIpc) is 2.91. The van der Waals surface area contributed by atoms with Crippen LogP contribution in [-0.2, 0) is 20.7 Å². The fourth-order valence-electron chi connectivity index (χ4n) is 5.94. The molecule has 2 saturated carbocycles. The quantitative estimate of drug-likeness (QED) is 0.613. The zero-order valence-corrected chi connectivity index (χ0v) is 20.9. The van der Waals surface area contributed by atoms with Gasteiger partial charge in [0.2, 0.25) is 5.91 Å². The summed E-state index contributed by atoms with van der Waals surface area (Å²) in [6.45, 7) is 1.97. The van der Waals surface area contributed by atoms with E-state index in [2.05, 4.69) is 23.5 Å². The van der Waals surface area contributed by atoms with Crippen molar-refractivity contribution in [2.75, 3.05) is 26.2 Å². The van der Waals surface area contributed by atoms with Crippen LogP contribution in [0.2, 0.25) is 0 Å². The predicted octanol–water partition coefficient (Wildman–Crippen LogP) is 3.85. The highest BCUT2D eigenvalue weighted by molar-refractivity contribution is 5.88. The van der Waals surface area contributed by atoms with Gasteiger partial charge in [-0.3, -0.25) is 4.79 Å². The van der Waals surface area contributed by atoms with Crippen LogP contribution in [0.3, 0.4) is 0 Å². The van der Waals surface area contributed by atoms with Gasteiger partial charge in [0.15, 0.2) is 0 Å². The SMILES string of the molecule is O=C(CCc1ccccc1)N1CCN(C(=O)NC2(C(=O)O[C@@H]3CC4C=CC=CC43)CCCCC2)CC1. The highest BCUT2D eigenvalue weighted by atomic mass is 16.5. The summed E-state index contributed by atoms with van der Waals surface area (Å²) in [6.07, 6.45) is 14.4. The summed E-state index contributed by atoms with van der Waals surface area (Å²) in [4.78, 5) is 42.9. The van der Waals surface area contributed by atoms with Crippen molar-refractivity contribution in [1.82, 2.24) is 15.1 Å². The standard InChI is InChI=1S/C29H37N3O4/c33-26(14-13-22-9-3-1-4-10-22)31-17-19-32(20-18-31)28(35)30-29(15-7-2-8-16-29)27(34)36-25-21-23-11-5-6-12-24(23)25/h1,3-6,9-12,23-25H,2,7-8,13-21H2,(H,30,35)/t23?,24?,25-/m1/s1. The Labute approximate surface area is 213 Å². The molecule has 1 heterocycles. The molecule has 7 heteroatoms. The molecule has 1 aliphatic heterocycles. The van der Waals surface area contributed by atoms with Gasteiger partial charge < -0.3 is 19.9 Å². The van der Waals surface area contributed by atoms with Crippen molar-refractivity contribution in [1.29, 1.82) is 0 Å². The molecule has 7 nitrogen and oxygen atoms in total. The Kier molecular flexibility index (Phi) is 7.44. The van der Waals surface area contributed by atoms with Crippen LogP contribution >= 0.6 is 0 Å². The summed E-state index contributed by atoms with van der Waals surface area (Å²) < 4.78 is 5.99. The monoisotopic (exact) mass is 491 g/mol. The first-order valence-electron chi connectivity index (χ1n) is 13.5. The summed E-state index contributed by atoms with van der Waals surface area (Å²) in [5.41, 5.74) is 0.207. The molecular weight excluding hydrogens is 454 g/mol. The van der Waals surface area contributed by atoms with E-state index in [0.717, 1.165) is 37.7 Å². The minimum Gasteiger partial charge on any atom is -0.460 e. The van der Waals surface area contributed by atoms with Gasteiger partial charge >= 0.3 is 12.0 Å². The lowest BCUT2D eigenvalue weighted by Gasteiger charge is -2.45. The second-order valence-electron chi connectivity index (χ2n) is 10.6. The molecule has 3 atom stereocenters. The van der Waals surface area contributed by atoms with E-state index >= 15 is 0 Å².